The summed E-state index contributed by atoms with van der Waals surface area (Å²) in [5, 5.41) is 3.45. The number of halogens is 1. The SMILES string of the molecule is CCC(C)Oc1ccc(Br)c(CNCC(C)C)c1. The van der Waals surface area contributed by atoms with Crippen LogP contribution in [0, 0.1) is 5.92 Å². The maximum Gasteiger partial charge on any atom is 0.120 e. The quantitative estimate of drug-likeness (QED) is 0.807. The number of nitrogens with one attached hydrogen (secondary N) is 1. The van der Waals surface area contributed by atoms with Crippen molar-refractivity contribution in [1.29, 1.82) is 0 Å². The van der Waals surface area contributed by atoms with E-state index in [-0.39, 0.29) is 6.10 Å². The summed E-state index contributed by atoms with van der Waals surface area (Å²) in [5.41, 5.74) is 1.25. The van der Waals surface area contributed by atoms with E-state index in [1.165, 1.54) is 5.56 Å². The molecule has 1 rings (SSSR count). The van der Waals surface area contributed by atoms with Gasteiger partial charge in [-0.3, -0.25) is 0 Å². The van der Waals surface area contributed by atoms with E-state index in [2.05, 4.69) is 61.1 Å². The largest absolute Gasteiger partial charge is 0.491 e. The van der Waals surface area contributed by atoms with Crippen molar-refractivity contribution in [2.45, 2.75) is 46.8 Å². The van der Waals surface area contributed by atoms with E-state index in [9.17, 15) is 0 Å². The summed E-state index contributed by atoms with van der Waals surface area (Å²) in [7, 11) is 0. The topological polar surface area (TPSA) is 21.3 Å². The van der Waals surface area contributed by atoms with Gasteiger partial charge in [0.15, 0.2) is 0 Å². The highest BCUT2D eigenvalue weighted by molar-refractivity contribution is 9.10. The van der Waals surface area contributed by atoms with Crippen LogP contribution in [-0.2, 0) is 6.54 Å². The fourth-order valence-corrected chi connectivity index (χ4v) is 1.96. The molecule has 0 saturated heterocycles. The van der Waals surface area contributed by atoms with Gasteiger partial charge in [-0.25, -0.2) is 0 Å². The first-order chi connectivity index (χ1) is 8.52. The molecule has 0 aliphatic heterocycles. The Labute approximate surface area is 119 Å². The highest BCUT2D eigenvalue weighted by Gasteiger charge is 2.05. The zero-order valence-corrected chi connectivity index (χ0v) is 13.4. The second kappa shape index (κ2) is 7.80. The van der Waals surface area contributed by atoms with E-state index in [0.717, 1.165) is 29.7 Å². The van der Waals surface area contributed by atoms with Crippen molar-refractivity contribution in [3.8, 4) is 5.75 Å². The Morgan fingerprint density at radius 1 is 1.28 bits per heavy atom. The Hall–Kier alpha value is -0.540. The van der Waals surface area contributed by atoms with Crippen LogP contribution in [0.5, 0.6) is 5.75 Å². The van der Waals surface area contributed by atoms with E-state index < -0.39 is 0 Å². The Kier molecular flexibility index (Phi) is 6.72. The fourth-order valence-electron chi connectivity index (χ4n) is 1.57. The molecular weight excluding hydrogens is 290 g/mol. The lowest BCUT2D eigenvalue weighted by atomic mass is 10.2. The minimum absolute atomic E-state index is 0.266. The van der Waals surface area contributed by atoms with Gasteiger partial charge in [-0.05, 0) is 49.6 Å². The van der Waals surface area contributed by atoms with Gasteiger partial charge < -0.3 is 10.1 Å². The van der Waals surface area contributed by atoms with E-state index >= 15 is 0 Å². The van der Waals surface area contributed by atoms with Gasteiger partial charge in [0.25, 0.3) is 0 Å². The molecule has 3 heteroatoms. The second-order valence-corrected chi connectivity index (χ2v) is 5.97. The molecular formula is C15H24BrNO. The minimum atomic E-state index is 0.266. The molecule has 0 saturated carbocycles. The maximum absolute atomic E-state index is 5.84. The number of hydrogen-bond donors (Lipinski definition) is 1. The van der Waals surface area contributed by atoms with Crippen molar-refractivity contribution in [3.63, 3.8) is 0 Å². The van der Waals surface area contributed by atoms with E-state index in [4.69, 9.17) is 4.74 Å². The molecule has 1 aromatic rings. The molecule has 18 heavy (non-hydrogen) atoms. The molecule has 0 aromatic heterocycles. The van der Waals surface area contributed by atoms with Crippen LogP contribution in [-0.4, -0.2) is 12.6 Å². The Bertz CT molecular complexity index is 366. The molecule has 0 fully saturated rings. The molecule has 2 nitrogen and oxygen atoms in total. The van der Waals surface area contributed by atoms with Gasteiger partial charge in [0.2, 0.25) is 0 Å². The lowest BCUT2D eigenvalue weighted by Gasteiger charge is -2.15. The van der Waals surface area contributed by atoms with Crippen LogP contribution in [0.15, 0.2) is 22.7 Å². The average molecular weight is 314 g/mol. The highest BCUT2D eigenvalue weighted by Crippen LogP contribution is 2.23. The third-order valence-electron chi connectivity index (χ3n) is 2.80. The van der Waals surface area contributed by atoms with Crippen molar-refractivity contribution in [2.24, 2.45) is 5.92 Å². The first-order valence-electron chi connectivity index (χ1n) is 6.68. The van der Waals surface area contributed by atoms with E-state index in [0.29, 0.717) is 5.92 Å². The summed E-state index contributed by atoms with van der Waals surface area (Å²) in [5.74, 6) is 1.62. The molecule has 1 N–H and O–H groups in total. The summed E-state index contributed by atoms with van der Waals surface area (Å²) < 4.78 is 6.97. The van der Waals surface area contributed by atoms with Gasteiger partial charge in [-0.2, -0.15) is 0 Å². The third-order valence-corrected chi connectivity index (χ3v) is 3.57. The smallest absolute Gasteiger partial charge is 0.120 e. The van der Waals surface area contributed by atoms with Crippen LogP contribution in [0.4, 0.5) is 0 Å². The summed E-state index contributed by atoms with van der Waals surface area (Å²) in [6, 6.07) is 6.19. The summed E-state index contributed by atoms with van der Waals surface area (Å²) >= 11 is 3.59. The lowest BCUT2D eigenvalue weighted by Crippen LogP contribution is -2.19. The van der Waals surface area contributed by atoms with Crippen molar-refractivity contribution < 1.29 is 4.74 Å². The van der Waals surface area contributed by atoms with Gasteiger partial charge in [0, 0.05) is 11.0 Å². The maximum atomic E-state index is 5.84. The first kappa shape index (κ1) is 15.5. The Morgan fingerprint density at radius 3 is 2.61 bits per heavy atom. The van der Waals surface area contributed by atoms with Gasteiger partial charge in [0.1, 0.15) is 5.75 Å². The average Bonchev–Trinajstić information content (AvgIpc) is 2.32. The van der Waals surface area contributed by atoms with E-state index in [1.54, 1.807) is 0 Å². The lowest BCUT2D eigenvalue weighted by molar-refractivity contribution is 0.217. The minimum Gasteiger partial charge on any atom is -0.491 e. The molecule has 0 radical (unpaired) electrons. The molecule has 0 aliphatic rings. The van der Waals surface area contributed by atoms with Crippen molar-refractivity contribution in [1.82, 2.24) is 5.32 Å². The predicted octanol–water partition coefficient (Wildman–Crippen LogP) is 4.37. The van der Waals surface area contributed by atoms with Gasteiger partial charge in [-0.1, -0.05) is 36.7 Å². The van der Waals surface area contributed by atoms with Crippen LogP contribution in [0.2, 0.25) is 0 Å². The zero-order valence-electron chi connectivity index (χ0n) is 11.8. The van der Waals surface area contributed by atoms with Crippen LogP contribution in [0.1, 0.15) is 39.7 Å². The molecule has 1 unspecified atom stereocenters. The molecule has 0 bridgehead atoms. The van der Waals surface area contributed by atoms with Crippen LogP contribution in [0.3, 0.4) is 0 Å². The number of ether oxygens (including phenoxy) is 1. The summed E-state index contributed by atoms with van der Waals surface area (Å²) in [6.45, 7) is 10.6. The Morgan fingerprint density at radius 2 is 2.00 bits per heavy atom. The molecule has 0 heterocycles. The fraction of sp³-hybridized carbons (Fsp3) is 0.600. The van der Waals surface area contributed by atoms with E-state index in [1.807, 2.05) is 6.07 Å². The third kappa shape index (κ3) is 5.40. The molecule has 0 aliphatic carbocycles. The highest BCUT2D eigenvalue weighted by atomic mass is 79.9. The van der Waals surface area contributed by atoms with Crippen molar-refractivity contribution in [2.75, 3.05) is 6.54 Å². The standard InChI is InChI=1S/C15H24BrNO/c1-5-12(4)18-14-6-7-15(16)13(8-14)10-17-9-11(2)3/h6-8,11-12,17H,5,9-10H2,1-4H3. The number of rotatable bonds is 7. The first-order valence-corrected chi connectivity index (χ1v) is 7.48. The molecule has 0 amide bonds. The van der Waals surface area contributed by atoms with Crippen molar-refractivity contribution >= 4 is 15.9 Å². The van der Waals surface area contributed by atoms with Gasteiger partial charge >= 0.3 is 0 Å². The zero-order chi connectivity index (χ0) is 13.5. The summed E-state index contributed by atoms with van der Waals surface area (Å²) in [6.07, 6.45) is 1.29. The molecule has 0 spiro atoms. The Balaban J connectivity index is 2.63. The number of hydrogen-bond acceptors (Lipinski definition) is 2. The van der Waals surface area contributed by atoms with Crippen LogP contribution < -0.4 is 10.1 Å². The van der Waals surface area contributed by atoms with Gasteiger partial charge in [-0.15, -0.1) is 0 Å². The molecule has 1 aromatic carbocycles. The second-order valence-electron chi connectivity index (χ2n) is 5.11. The monoisotopic (exact) mass is 313 g/mol. The van der Waals surface area contributed by atoms with Gasteiger partial charge in [0.05, 0.1) is 6.10 Å². The van der Waals surface area contributed by atoms with Crippen LogP contribution >= 0.6 is 15.9 Å². The summed E-state index contributed by atoms with van der Waals surface area (Å²) in [4.78, 5) is 0. The van der Waals surface area contributed by atoms with Crippen LogP contribution in [0.25, 0.3) is 0 Å². The van der Waals surface area contributed by atoms with Crippen molar-refractivity contribution in [3.05, 3.63) is 28.2 Å². The molecule has 1 atom stereocenters. The predicted molar refractivity (Wildman–Crippen MR) is 81.1 cm³/mol. The molecule has 102 valence electrons. The normalized spacial score (nSPS) is 12.8. The number of benzene rings is 1.